The Hall–Kier alpha value is -2.48. The minimum atomic E-state index is -0.181. The summed E-state index contributed by atoms with van der Waals surface area (Å²) in [5.74, 6) is 1.46. The van der Waals surface area contributed by atoms with Gasteiger partial charge in [0.2, 0.25) is 12.7 Å². The highest BCUT2D eigenvalue weighted by Crippen LogP contribution is 2.34. The maximum atomic E-state index is 12.3. The van der Waals surface area contributed by atoms with E-state index in [4.69, 9.17) is 9.47 Å². The Morgan fingerprint density at radius 2 is 1.96 bits per heavy atom. The Balaban J connectivity index is 1.43. The molecule has 0 bridgehead atoms. The molecule has 1 aromatic rings. The average Bonchev–Trinajstić information content (AvgIpc) is 3.10. The number of carbonyl (C=O) groups is 2. The van der Waals surface area contributed by atoms with Crippen molar-refractivity contribution in [3.05, 3.63) is 23.8 Å². The summed E-state index contributed by atoms with van der Waals surface area (Å²) in [4.78, 5) is 25.8. The number of hydrogen-bond donors (Lipinski definition) is 3. The van der Waals surface area contributed by atoms with Gasteiger partial charge in [0.1, 0.15) is 0 Å². The lowest BCUT2D eigenvalue weighted by Crippen LogP contribution is -2.49. The maximum Gasteiger partial charge on any atom is 0.315 e. The molecular weight excluding hydrogens is 336 g/mol. The molecule has 26 heavy (non-hydrogen) atoms. The summed E-state index contributed by atoms with van der Waals surface area (Å²) in [7, 11) is 1.64. The van der Waals surface area contributed by atoms with Gasteiger partial charge >= 0.3 is 6.03 Å². The first kappa shape index (κ1) is 18.3. The molecule has 2 aliphatic rings. The van der Waals surface area contributed by atoms with Crippen LogP contribution in [0.5, 0.6) is 11.5 Å². The second-order valence-corrected chi connectivity index (χ2v) is 6.68. The third-order valence-electron chi connectivity index (χ3n) is 4.81. The normalized spacial score (nSPS) is 18.2. The van der Waals surface area contributed by atoms with Crippen LogP contribution < -0.4 is 25.4 Å². The van der Waals surface area contributed by atoms with Gasteiger partial charge in [0, 0.05) is 26.2 Å². The van der Waals surface area contributed by atoms with E-state index in [-0.39, 0.29) is 30.8 Å². The van der Waals surface area contributed by atoms with E-state index in [2.05, 4.69) is 20.9 Å². The highest BCUT2D eigenvalue weighted by molar-refractivity contribution is 5.77. The summed E-state index contributed by atoms with van der Waals surface area (Å²) >= 11 is 0. The number of benzene rings is 1. The summed E-state index contributed by atoms with van der Waals surface area (Å²) in [6.45, 7) is 4.19. The number of rotatable bonds is 5. The molecule has 3 amide bonds. The Bertz CT molecular complexity index is 659. The second kappa shape index (κ2) is 8.27. The van der Waals surface area contributed by atoms with Crippen LogP contribution in [-0.2, 0) is 4.79 Å². The van der Waals surface area contributed by atoms with Crippen molar-refractivity contribution >= 4 is 11.9 Å². The molecule has 142 valence electrons. The topological polar surface area (TPSA) is 91.9 Å². The maximum absolute atomic E-state index is 12.3. The zero-order valence-electron chi connectivity index (χ0n) is 15.2. The molecule has 1 aromatic carbocycles. The Morgan fingerprint density at radius 3 is 2.69 bits per heavy atom. The molecule has 0 radical (unpaired) electrons. The number of likely N-dealkylation sites (tertiary alicyclic amines) is 1. The predicted octanol–water partition coefficient (Wildman–Crippen LogP) is 0.986. The second-order valence-electron chi connectivity index (χ2n) is 6.68. The van der Waals surface area contributed by atoms with Crippen molar-refractivity contribution in [2.45, 2.75) is 31.8 Å². The molecule has 1 saturated heterocycles. The van der Waals surface area contributed by atoms with Gasteiger partial charge in [-0.25, -0.2) is 4.79 Å². The van der Waals surface area contributed by atoms with Crippen LogP contribution in [0.2, 0.25) is 0 Å². The van der Waals surface area contributed by atoms with Gasteiger partial charge in [0.15, 0.2) is 11.5 Å². The fourth-order valence-electron chi connectivity index (χ4n) is 3.21. The van der Waals surface area contributed by atoms with Crippen LogP contribution in [0.1, 0.15) is 31.4 Å². The van der Waals surface area contributed by atoms with E-state index in [0.29, 0.717) is 12.3 Å². The fourth-order valence-corrected chi connectivity index (χ4v) is 3.21. The third kappa shape index (κ3) is 4.57. The number of ether oxygens (including phenoxy) is 2. The van der Waals surface area contributed by atoms with Gasteiger partial charge in [-0.15, -0.1) is 0 Å². The number of fused-ring (bicyclic) bond motifs is 1. The van der Waals surface area contributed by atoms with Gasteiger partial charge in [-0.2, -0.15) is 0 Å². The summed E-state index contributed by atoms with van der Waals surface area (Å²) < 4.78 is 10.7. The number of carbonyl (C=O) groups excluding carboxylic acids is 2. The molecule has 0 spiro atoms. The SMILES string of the molecule is CNC(=O)CN1CCC(NC(=O)N[C@@H](C)c2ccc3c(c2)OCO3)CC1. The highest BCUT2D eigenvalue weighted by atomic mass is 16.7. The number of amides is 3. The largest absolute Gasteiger partial charge is 0.454 e. The van der Waals surface area contributed by atoms with Crippen LogP contribution in [0, 0.1) is 0 Å². The van der Waals surface area contributed by atoms with Crippen LogP contribution in [0.25, 0.3) is 0 Å². The summed E-state index contributed by atoms with van der Waals surface area (Å²) in [5.41, 5.74) is 0.963. The first-order valence-electron chi connectivity index (χ1n) is 8.94. The first-order valence-corrected chi connectivity index (χ1v) is 8.94. The van der Waals surface area contributed by atoms with Gasteiger partial charge in [-0.05, 0) is 37.5 Å². The number of nitrogens with zero attached hydrogens (tertiary/aromatic N) is 1. The lowest BCUT2D eigenvalue weighted by Gasteiger charge is -2.32. The predicted molar refractivity (Wildman–Crippen MR) is 96.2 cm³/mol. The molecular formula is C18H26N4O4. The number of nitrogens with one attached hydrogen (secondary N) is 3. The van der Waals surface area contributed by atoms with Crippen molar-refractivity contribution in [1.29, 1.82) is 0 Å². The van der Waals surface area contributed by atoms with Gasteiger partial charge in [-0.3, -0.25) is 9.69 Å². The van der Waals surface area contributed by atoms with Crippen molar-refractivity contribution in [1.82, 2.24) is 20.9 Å². The van der Waals surface area contributed by atoms with Crippen LogP contribution in [0.3, 0.4) is 0 Å². The van der Waals surface area contributed by atoms with Crippen LogP contribution in [-0.4, -0.2) is 56.4 Å². The minimum Gasteiger partial charge on any atom is -0.454 e. The molecule has 0 unspecified atom stereocenters. The molecule has 1 fully saturated rings. The molecule has 0 aromatic heterocycles. The summed E-state index contributed by atoms with van der Waals surface area (Å²) in [5, 5.41) is 8.62. The Morgan fingerprint density at radius 1 is 1.23 bits per heavy atom. The lowest BCUT2D eigenvalue weighted by atomic mass is 10.1. The lowest BCUT2D eigenvalue weighted by molar-refractivity contribution is -0.122. The molecule has 2 aliphatic heterocycles. The minimum absolute atomic E-state index is 0.0201. The number of likely N-dealkylation sites (N-methyl/N-ethyl adjacent to an activating group) is 1. The van der Waals surface area contributed by atoms with E-state index >= 15 is 0 Å². The van der Waals surface area contributed by atoms with Gasteiger partial charge in [0.05, 0.1) is 12.6 Å². The molecule has 8 nitrogen and oxygen atoms in total. The summed E-state index contributed by atoms with van der Waals surface area (Å²) in [6.07, 6.45) is 1.67. The van der Waals surface area contributed by atoms with Gasteiger partial charge in [0.25, 0.3) is 0 Å². The summed E-state index contributed by atoms with van der Waals surface area (Å²) in [6, 6.07) is 5.48. The molecule has 2 heterocycles. The Labute approximate surface area is 153 Å². The van der Waals surface area contributed by atoms with Gasteiger partial charge in [-0.1, -0.05) is 6.07 Å². The number of hydrogen-bond acceptors (Lipinski definition) is 5. The van der Waals surface area contributed by atoms with Crippen molar-refractivity contribution < 1.29 is 19.1 Å². The molecule has 3 rings (SSSR count). The zero-order valence-corrected chi connectivity index (χ0v) is 15.2. The quantitative estimate of drug-likeness (QED) is 0.726. The van der Waals surface area contributed by atoms with Crippen molar-refractivity contribution in [3.8, 4) is 11.5 Å². The zero-order chi connectivity index (χ0) is 18.5. The number of urea groups is 1. The highest BCUT2D eigenvalue weighted by Gasteiger charge is 2.23. The van der Waals surface area contributed by atoms with Gasteiger partial charge < -0.3 is 25.4 Å². The first-order chi connectivity index (χ1) is 12.5. The molecule has 3 N–H and O–H groups in total. The molecule has 1 atom stereocenters. The smallest absolute Gasteiger partial charge is 0.315 e. The van der Waals surface area contributed by atoms with E-state index in [9.17, 15) is 9.59 Å². The van der Waals surface area contributed by atoms with E-state index in [1.54, 1.807) is 7.05 Å². The van der Waals surface area contributed by atoms with E-state index in [1.165, 1.54) is 0 Å². The molecule has 0 aliphatic carbocycles. The fraction of sp³-hybridized carbons (Fsp3) is 0.556. The van der Waals surface area contributed by atoms with E-state index < -0.39 is 0 Å². The van der Waals surface area contributed by atoms with Crippen molar-refractivity contribution in [2.24, 2.45) is 0 Å². The van der Waals surface area contributed by atoms with E-state index in [0.717, 1.165) is 37.2 Å². The van der Waals surface area contributed by atoms with Crippen LogP contribution >= 0.6 is 0 Å². The molecule has 0 saturated carbocycles. The number of piperidine rings is 1. The van der Waals surface area contributed by atoms with Crippen molar-refractivity contribution in [3.63, 3.8) is 0 Å². The third-order valence-corrected chi connectivity index (χ3v) is 4.81. The van der Waals surface area contributed by atoms with Crippen LogP contribution in [0.15, 0.2) is 18.2 Å². The van der Waals surface area contributed by atoms with Crippen LogP contribution in [0.4, 0.5) is 4.79 Å². The van der Waals surface area contributed by atoms with Crippen molar-refractivity contribution in [2.75, 3.05) is 33.5 Å². The standard InChI is InChI=1S/C18H26N4O4/c1-12(13-3-4-15-16(9-13)26-11-25-15)20-18(24)21-14-5-7-22(8-6-14)10-17(23)19-2/h3-4,9,12,14H,5-8,10-11H2,1-2H3,(H,19,23)(H2,20,21,24)/t12-/m0/s1. The monoisotopic (exact) mass is 362 g/mol. The van der Waals surface area contributed by atoms with E-state index in [1.807, 2.05) is 25.1 Å². The average molecular weight is 362 g/mol. The molecule has 8 heteroatoms. The Kier molecular flexibility index (Phi) is 5.82.